The van der Waals surface area contributed by atoms with E-state index in [1.807, 2.05) is 22.7 Å². The van der Waals surface area contributed by atoms with Crippen molar-refractivity contribution in [1.82, 2.24) is 0 Å². The van der Waals surface area contributed by atoms with Crippen LogP contribution in [0.1, 0.15) is 114 Å². The first-order valence-corrected chi connectivity index (χ1v) is 14.4. The summed E-state index contributed by atoms with van der Waals surface area (Å²) < 4.78 is 15.6. The summed E-state index contributed by atoms with van der Waals surface area (Å²) in [6.07, 6.45) is 9.80. The van der Waals surface area contributed by atoms with E-state index in [1.165, 1.54) is 68.5 Å². The van der Waals surface area contributed by atoms with E-state index < -0.39 is 0 Å². The molecular weight excluding hydrogens is 432 g/mol. The van der Waals surface area contributed by atoms with Crippen LogP contribution in [0, 0.1) is 0 Å². The zero-order valence-corrected chi connectivity index (χ0v) is 22.6. The molecule has 0 N–H and O–H groups in total. The van der Waals surface area contributed by atoms with E-state index in [9.17, 15) is 0 Å². The Morgan fingerprint density at radius 3 is 1.38 bits per heavy atom. The van der Waals surface area contributed by atoms with E-state index in [-0.39, 0.29) is 0 Å². The van der Waals surface area contributed by atoms with Crippen LogP contribution < -0.4 is 9.47 Å². The van der Waals surface area contributed by atoms with E-state index in [4.69, 9.17) is 9.47 Å². The summed E-state index contributed by atoms with van der Waals surface area (Å²) in [6.45, 7) is 15.2. The molecule has 0 aliphatic rings. The lowest BCUT2D eigenvalue weighted by Gasteiger charge is -2.13. The maximum atomic E-state index is 6.54. The molecular formula is C28H42O2S2. The van der Waals surface area contributed by atoms with Gasteiger partial charge in [0.05, 0.1) is 22.6 Å². The number of hydrogen-bond acceptors (Lipinski definition) is 4. The number of rotatable bonds is 14. The number of unbranched alkanes of at least 4 members (excludes halogenated alkanes) is 6. The molecule has 0 amide bonds. The molecule has 0 bridgehead atoms. The van der Waals surface area contributed by atoms with Crippen LogP contribution in [0.2, 0.25) is 0 Å². The van der Waals surface area contributed by atoms with Crippen molar-refractivity contribution in [2.24, 2.45) is 0 Å². The lowest BCUT2D eigenvalue weighted by molar-refractivity contribution is 0.307. The maximum Gasteiger partial charge on any atom is 0.146 e. The number of fused-ring (bicyclic) bond motifs is 2. The molecule has 0 aliphatic carbocycles. The van der Waals surface area contributed by atoms with E-state index in [0.29, 0.717) is 11.8 Å². The van der Waals surface area contributed by atoms with Crippen LogP contribution in [0.15, 0.2) is 12.1 Å². The lowest BCUT2D eigenvalue weighted by Crippen LogP contribution is -2.00. The van der Waals surface area contributed by atoms with E-state index in [2.05, 4.69) is 53.7 Å². The Bertz CT molecular complexity index is 848. The molecule has 0 radical (unpaired) electrons. The van der Waals surface area contributed by atoms with Gasteiger partial charge in [-0.3, -0.25) is 0 Å². The zero-order chi connectivity index (χ0) is 23.1. The minimum atomic E-state index is 0.506. The van der Waals surface area contributed by atoms with Crippen molar-refractivity contribution in [2.45, 2.75) is 105 Å². The summed E-state index contributed by atoms with van der Waals surface area (Å²) in [5, 5.41) is 2.50. The molecule has 3 aromatic rings. The first kappa shape index (κ1) is 25.4. The van der Waals surface area contributed by atoms with E-state index in [0.717, 1.165) is 37.6 Å². The SMILES string of the molecule is CCCCCCOc1c2cc(C(C)C)sc2c(OCCCCCC)c2cc(C(C)C)sc12. The fraction of sp³-hybridized carbons (Fsp3) is 0.643. The normalized spacial score (nSPS) is 12.0. The molecule has 0 spiro atoms. The molecule has 2 aromatic heterocycles. The molecule has 178 valence electrons. The predicted octanol–water partition coefficient (Wildman–Crippen LogP) is 10.3. The highest BCUT2D eigenvalue weighted by atomic mass is 32.1. The zero-order valence-electron chi connectivity index (χ0n) is 21.0. The summed E-state index contributed by atoms with van der Waals surface area (Å²) in [6, 6.07) is 4.73. The van der Waals surface area contributed by atoms with Crippen molar-refractivity contribution in [3.63, 3.8) is 0 Å². The second-order valence-corrected chi connectivity index (χ2v) is 11.7. The summed E-state index contributed by atoms with van der Waals surface area (Å²) in [5.41, 5.74) is 0. The van der Waals surface area contributed by atoms with Gasteiger partial charge in [0.25, 0.3) is 0 Å². The van der Waals surface area contributed by atoms with Crippen LogP contribution in [0.4, 0.5) is 0 Å². The standard InChI is InChI=1S/C28H42O2S2/c1-7-9-11-13-15-29-25-21-17-23(19(3)4)32-28(21)26(30-16-14-12-10-8-2)22-18-24(20(5)6)31-27(22)25/h17-20H,7-16H2,1-6H3. The Morgan fingerprint density at radius 2 is 1.03 bits per heavy atom. The van der Waals surface area contributed by atoms with Crippen LogP contribution in [0.25, 0.3) is 20.2 Å². The van der Waals surface area contributed by atoms with Crippen LogP contribution in [0.3, 0.4) is 0 Å². The Balaban J connectivity index is 2.05. The fourth-order valence-corrected chi connectivity index (χ4v) is 6.34. The quantitative estimate of drug-likeness (QED) is 0.216. The Labute approximate surface area is 203 Å². The molecule has 32 heavy (non-hydrogen) atoms. The molecule has 1 aromatic carbocycles. The third-order valence-electron chi connectivity index (χ3n) is 6.03. The molecule has 3 rings (SSSR count). The maximum absolute atomic E-state index is 6.54. The Morgan fingerprint density at radius 1 is 0.625 bits per heavy atom. The van der Waals surface area contributed by atoms with Gasteiger partial charge in [-0.2, -0.15) is 0 Å². The highest BCUT2D eigenvalue weighted by Crippen LogP contribution is 2.51. The summed E-state index contributed by atoms with van der Waals surface area (Å²) >= 11 is 3.79. The molecule has 0 atom stereocenters. The van der Waals surface area contributed by atoms with Crippen LogP contribution in [-0.2, 0) is 0 Å². The van der Waals surface area contributed by atoms with Gasteiger partial charge in [0.2, 0.25) is 0 Å². The van der Waals surface area contributed by atoms with E-state index in [1.54, 1.807) is 0 Å². The van der Waals surface area contributed by atoms with Gasteiger partial charge in [0.1, 0.15) is 11.5 Å². The monoisotopic (exact) mass is 474 g/mol. The third-order valence-corrected chi connectivity index (χ3v) is 8.90. The Hall–Kier alpha value is -1.26. The minimum absolute atomic E-state index is 0.506. The van der Waals surface area contributed by atoms with Gasteiger partial charge in [0.15, 0.2) is 0 Å². The second kappa shape index (κ2) is 12.3. The van der Waals surface area contributed by atoms with Gasteiger partial charge in [-0.1, -0.05) is 80.1 Å². The second-order valence-electron chi connectivity index (χ2n) is 9.57. The summed E-state index contributed by atoms with van der Waals surface area (Å²) in [4.78, 5) is 2.82. The van der Waals surface area contributed by atoms with Crippen molar-refractivity contribution in [3.8, 4) is 11.5 Å². The largest absolute Gasteiger partial charge is 0.491 e. The van der Waals surface area contributed by atoms with Crippen LogP contribution >= 0.6 is 22.7 Å². The Kier molecular flexibility index (Phi) is 9.73. The molecule has 4 heteroatoms. The molecule has 0 unspecified atom stereocenters. The van der Waals surface area contributed by atoms with Gasteiger partial charge < -0.3 is 9.47 Å². The van der Waals surface area contributed by atoms with Gasteiger partial charge in [-0.05, 0) is 36.8 Å². The predicted molar refractivity (Wildman–Crippen MR) is 145 cm³/mol. The molecule has 0 saturated carbocycles. The van der Waals surface area contributed by atoms with Gasteiger partial charge in [0, 0.05) is 20.5 Å². The number of benzene rings is 1. The summed E-state index contributed by atoms with van der Waals surface area (Å²) in [5.74, 6) is 3.19. The first-order valence-electron chi connectivity index (χ1n) is 12.8. The van der Waals surface area contributed by atoms with Gasteiger partial charge in [-0.15, -0.1) is 22.7 Å². The van der Waals surface area contributed by atoms with Gasteiger partial charge in [-0.25, -0.2) is 0 Å². The van der Waals surface area contributed by atoms with Crippen LogP contribution in [-0.4, -0.2) is 13.2 Å². The van der Waals surface area contributed by atoms with Crippen molar-refractivity contribution in [3.05, 3.63) is 21.9 Å². The third kappa shape index (κ3) is 5.99. The topological polar surface area (TPSA) is 18.5 Å². The molecule has 0 fully saturated rings. The number of thiophene rings is 2. The molecule has 0 aliphatic heterocycles. The highest BCUT2D eigenvalue weighted by molar-refractivity contribution is 7.21. The highest BCUT2D eigenvalue weighted by Gasteiger charge is 2.23. The average Bonchev–Trinajstić information content (AvgIpc) is 3.39. The smallest absolute Gasteiger partial charge is 0.146 e. The summed E-state index contributed by atoms with van der Waals surface area (Å²) in [7, 11) is 0. The average molecular weight is 475 g/mol. The molecule has 0 saturated heterocycles. The lowest BCUT2D eigenvalue weighted by atomic mass is 10.1. The molecule has 2 nitrogen and oxygen atoms in total. The van der Waals surface area contributed by atoms with Crippen molar-refractivity contribution < 1.29 is 9.47 Å². The van der Waals surface area contributed by atoms with Gasteiger partial charge >= 0.3 is 0 Å². The molecule has 2 heterocycles. The number of ether oxygens (including phenoxy) is 2. The van der Waals surface area contributed by atoms with Crippen molar-refractivity contribution >= 4 is 42.8 Å². The van der Waals surface area contributed by atoms with Crippen LogP contribution in [0.5, 0.6) is 11.5 Å². The minimum Gasteiger partial charge on any atom is -0.491 e. The number of hydrogen-bond donors (Lipinski definition) is 0. The first-order chi connectivity index (χ1) is 15.5. The fourth-order valence-electron chi connectivity index (χ4n) is 4.00. The van der Waals surface area contributed by atoms with Crippen molar-refractivity contribution in [2.75, 3.05) is 13.2 Å². The van der Waals surface area contributed by atoms with E-state index >= 15 is 0 Å². The van der Waals surface area contributed by atoms with Crippen molar-refractivity contribution in [1.29, 1.82) is 0 Å².